The Morgan fingerprint density at radius 3 is 2.57 bits per heavy atom. The second-order valence-electron chi connectivity index (χ2n) is 5.56. The molecule has 108 valence electrons. The van der Waals surface area contributed by atoms with Crippen molar-refractivity contribution in [2.24, 2.45) is 13.0 Å². The molecule has 0 bridgehead atoms. The van der Waals surface area contributed by atoms with E-state index in [1.165, 1.54) is 10.6 Å². The highest BCUT2D eigenvalue weighted by atomic mass is 16.2. The normalized spacial score (nSPS) is 15.5. The summed E-state index contributed by atoms with van der Waals surface area (Å²) in [6.07, 6.45) is 3.89. The quantitative estimate of drug-likeness (QED) is 0.935. The molecule has 1 heterocycles. The summed E-state index contributed by atoms with van der Waals surface area (Å²) in [7, 11) is 1.67. The molecule has 1 saturated carbocycles. The topological polar surface area (TPSA) is 51.1 Å². The van der Waals surface area contributed by atoms with Crippen molar-refractivity contribution in [1.29, 1.82) is 0 Å². The maximum Gasteiger partial charge on any atom is 0.252 e. The highest BCUT2D eigenvalue weighted by Crippen LogP contribution is 2.41. The lowest BCUT2D eigenvalue weighted by Gasteiger charge is -2.19. The van der Waals surface area contributed by atoms with Gasteiger partial charge < -0.3 is 9.88 Å². The van der Waals surface area contributed by atoms with Crippen molar-refractivity contribution in [2.45, 2.75) is 18.9 Å². The summed E-state index contributed by atoms with van der Waals surface area (Å²) < 4.78 is 1.45. The number of hydrogen-bond acceptors (Lipinski definition) is 2. The molecule has 1 aliphatic carbocycles. The van der Waals surface area contributed by atoms with E-state index in [0.717, 1.165) is 18.4 Å². The predicted molar refractivity (Wildman–Crippen MR) is 81.1 cm³/mol. The number of carbonyl (C=O) groups is 1. The third-order valence-electron chi connectivity index (χ3n) is 3.91. The summed E-state index contributed by atoms with van der Waals surface area (Å²) in [5, 5.41) is 3.07. The highest BCUT2D eigenvalue weighted by molar-refractivity contribution is 5.94. The Morgan fingerprint density at radius 2 is 1.95 bits per heavy atom. The van der Waals surface area contributed by atoms with Crippen molar-refractivity contribution >= 4 is 5.91 Å². The van der Waals surface area contributed by atoms with Crippen LogP contribution in [0.5, 0.6) is 0 Å². The lowest BCUT2D eigenvalue weighted by molar-refractivity contribution is 0.0931. The summed E-state index contributed by atoms with van der Waals surface area (Å²) in [5.41, 5.74) is 1.36. The first-order valence-corrected chi connectivity index (χ1v) is 7.17. The van der Waals surface area contributed by atoms with Gasteiger partial charge in [0.15, 0.2) is 0 Å². The van der Waals surface area contributed by atoms with E-state index in [1.54, 1.807) is 19.3 Å². The van der Waals surface area contributed by atoms with E-state index in [1.807, 2.05) is 30.3 Å². The first kappa shape index (κ1) is 13.6. The summed E-state index contributed by atoms with van der Waals surface area (Å²) in [5.74, 6) is 0.316. The van der Waals surface area contributed by atoms with Gasteiger partial charge in [-0.05, 0) is 30.4 Å². The molecule has 1 aromatic heterocycles. The van der Waals surface area contributed by atoms with E-state index in [-0.39, 0.29) is 17.5 Å². The molecule has 0 radical (unpaired) electrons. The molecule has 0 unspecified atom stereocenters. The van der Waals surface area contributed by atoms with Gasteiger partial charge in [-0.15, -0.1) is 0 Å². The van der Waals surface area contributed by atoms with Crippen LogP contribution in [0.25, 0.3) is 0 Å². The molecular formula is C17H18N2O2. The number of aryl methyl sites for hydroxylation is 1. The van der Waals surface area contributed by atoms with Crippen LogP contribution in [0.2, 0.25) is 0 Å². The van der Waals surface area contributed by atoms with Gasteiger partial charge in [-0.2, -0.15) is 0 Å². The molecule has 1 atom stereocenters. The fraction of sp³-hybridized carbons (Fsp3) is 0.294. The lowest BCUT2D eigenvalue weighted by atomic mass is 10.0. The Kier molecular flexibility index (Phi) is 3.60. The van der Waals surface area contributed by atoms with E-state index < -0.39 is 0 Å². The zero-order valence-corrected chi connectivity index (χ0v) is 12.0. The van der Waals surface area contributed by atoms with Crippen LogP contribution in [0.15, 0.2) is 53.5 Å². The molecule has 3 rings (SSSR count). The zero-order chi connectivity index (χ0) is 14.8. The molecule has 0 aliphatic heterocycles. The summed E-state index contributed by atoms with van der Waals surface area (Å²) in [4.78, 5) is 24.0. The average molecular weight is 282 g/mol. The monoisotopic (exact) mass is 282 g/mol. The zero-order valence-electron chi connectivity index (χ0n) is 12.0. The van der Waals surface area contributed by atoms with Crippen molar-refractivity contribution in [3.63, 3.8) is 0 Å². The molecular weight excluding hydrogens is 264 g/mol. The van der Waals surface area contributed by atoms with Crippen LogP contribution in [-0.4, -0.2) is 10.5 Å². The van der Waals surface area contributed by atoms with Crippen LogP contribution < -0.4 is 10.9 Å². The van der Waals surface area contributed by atoms with Crippen molar-refractivity contribution in [1.82, 2.24) is 9.88 Å². The van der Waals surface area contributed by atoms with Gasteiger partial charge in [0.05, 0.1) is 6.04 Å². The number of carbonyl (C=O) groups excluding carboxylic acids is 1. The second-order valence-corrected chi connectivity index (χ2v) is 5.56. The van der Waals surface area contributed by atoms with E-state index >= 15 is 0 Å². The number of pyridine rings is 1. The number of rotatable bonds is 4. The van der Waals surface area contributed by atoms with Gasteiger partial charge in [-0.3, -0.25) is 9.59 Å². The number of hydrogen-bond donors (Lipinski definition) is 1. The Labute approximate surface area is 123 Å². The van der Waals surface area contributed by atoms with Gasteiger partial charge >= 0.3 is 0 Å². The smallest absolute Gasteiger partial charge is 0.252 e. The van der Waals surface area contributed by atoms with Crippen LogP contribution in [-0.2, 0) is 7.05 Å². The maximum atomic E-state index is 12.4. The van der Waals surface area contributed by atoms with Crippen LogP contribution >= 0.6 is 0 Å². The molecule has 4 nitrogen and oxygen atoms in total. The number of nitrogens with zero attached hydrogens (tertiary/aromatic N) is 1. The van der Waals surface area contributed by atoms with Crippen LogP contribution in [0.3, 0.4) is 0 Å². The van der Waals surface area contributed by atoms with Crippen molar-refractivity contribution in [3.05, 3.63) is 70.1 Å². The van der Waals surface area contributed by atoms with Gasteiger partial charge in [0.25, 0.3) is 11.5 Å². The molecule has 2 aromatic rings. The minimum absolute atomic E-state index is 0.0303. The Balaban J connectivity index is 1.81. The van der Waals surface area contributed by atoms with Gasteiger partial charge in [0, 0.05) is 24.9 Å². The standard InChI is InChI=1S/C17H18N2O2/c1-19-10-9-14(11-15(19)20)17(21)18-16(13-7-8-13)12-5-3-2-4-6-12/h2-6,9-11,13,16H,7-8H2,1H3,(H,18,21)/t16-/m0/s1. The lowest BCUT2D eigenvalue weighted by Crippen LogP contribution is -2.31. The minimum Gasteiger partial charge on any atom is -0.345 e. The molecule has 0 spiro atoms. The SMILES string of the molecule is Cn1ccc(C(=O)N[C@@H](c2ccccc2)C2CC2)cc1=O. The Bertz CT molecular complexity index is 702. The van der Waals surface area contributed by atoms with Crippen LogP contribution in [0.4, 0.5) is 0 Å². The van der Waals surface area contributed by atoms with Crippen molar-refractivity contribution < 1.29 is 4.79 Å². The first-order valence-electron chi connectivity index (χ1n) is 7.17. The number of aromatic nitrogens is 1. The Morgan fingerprint density at radius 1 is 1.24 bits per heavy atom. The Hall–Kier alpha value is -2.36. The maximum absolute atomic E-state index is 12.4. The molecule has 4 heteroatoms. The molecule has 0 saturated heterocycles. The summed E-state index contributed by atoms with van der Waals surface area (Å²) in [6.45, 7) is 0. The third kappa shape index (κ3) is 3.05. The van der Waals surface area contributed by atoms with Crippen molar-refractivity contribution in [3.8, 4) is 0 Å². The third-order valence-corrected chi connectivity index (χ3v) is 3.91. The highest BCUT2D eigenvalue weighted by Gasteiger charge is 2.33. The summed E-state index contributed by atoms with van der Waals surface area (Å²) in [6, 6.07) is 13.1. The van der Waals surface area contributed by atoms with Crippen LogP contribution in [0.1, 0.15) is 34.8 Å². The summed E-state index contributed by atoms with van der Waals surface area (Å²) >= 11 is 0. The van der Waals surface area contributed by atoms with Gasteiger partial charge in [0.1, 0.15) is 0 Å². The fourth-order valence-electron chi connectivity index (χ4n) is 2.48. The van der Waals surface area contributed by atoms with E-state index in [4.69, 9.17) is 0 Å². The number of nitrogens with one attached hydrogen (secondary N) is 1. The van der Waals surface area contributed by atoms with Crippen LogP contribution in [0, 0.1) is 5.92 Å². The minimum atomic E-state index is -0.187. The molecule has 1 amide bonds. The molecule has 21 heavy (non-hydrogen) atoms. The number of amides is 1. The fourth-order valence-corrected chi connectivity index (χ4v) is 2.48. The average Bonchev–Trinajstić information content (AvgIpc) is 3.33. The van der Waals surface area contributed by atoms with Crippen molar-refractivity contribution in [2.75, 3.05) is 0 Å². The predicted octanol–water partition coefficient (Wildman–Crippen LogP) is 2.27. The number of benzene rings is 1. The van der Waals surface area contributed by atoms with E-state index in [0.29, 0.717) is 11.5 Å². The molecule has 1 aromatic carbocycles. The molecule has 1 aliphatic rings. The van der Waals surface area contributed by atoms with Gasteiger partial charge in [0.2, 0.25) is 0 Å². The molecule has 1 N–H and O–H groups in total. The largest absolute Gasteiger partial charge is 0.345 e. The van der Waals surface area contributed by atoms with E-state index in [9.17, 15) is 9.59 Å². The van der Waals surface area contributed by atoms with Gasteiger partial charge in [-0.1, -0.05) is 30.3 Å². The first-order chi connectivity index (χ1) is 10.1. The van der Waals surface area contributed by atoms with Gasteiger partial charge in [-0.25, -0.2) is 0 Å². The second kappa shape index (κ2) is 5.56. The van der Waals surface area contributed by atoms with E-state index in [2.05, 4.69) is 5.32 Å². The molecule has 1 fully saturated rings.